The Morgan fingerprint density at radius 2 is 2.29 bits per heavy atom. The zero-order valence-corrected chi connectivity index (χ0v) is 11.5. The number of hydrogen-bond donors (Lipinski definition) is 2. The fourth-order valence-corrected chi connectivity index (χ4v) is 3.02. The third kappa shape index (κ3) is 2.53. The van der Waals surface area contributed by atoms with Crippen LogP contribution in [0.15, 0.2) is 11.6 Å². The van der Waals surface area contributed by atoms with Crippen LogP contribution in [0.3, 0.4) is 0 Å². The molecule has 5 nitrogen and oxygen atoms in total. The number of halogens is 1. The van der Waals surface area contributed by atoms with Gasteiger partial charge in [0.15, 0.2) is 0 Å². The molecule has 4 atom stereocenters. The fraction of sp³-hybridized carbons (Fsp3) is 0.636. The van der Waals surface area contributed by atoms with Crippen molar-refractivity contribution in [2.24, 2.45) is 5.92 Å². The third-order valence-corrected chi connectivity index (χ3v) is 4.43. The number of nitrogens with one attached hydrogen (secondary N) is 1. The number of amides is 2. The van der Waals surface area contributed by atoms with Gasteiger partial charge in [-0.3, -0.25) is 14.9 Å². The van der Waals surface area contributed by atoms with Gasteiger partial charge in [-0.2, -0.15) is 0 Å². The summed E-state index contributed by atoms with van der Waals surface area (Å²) in [5.41, 5.74) is 0.538. The number of imide groups is 1. The Hall–Kier alpha value is -0.470. The van der Waals surface area contributed by atoms with Gasteiger partial charge in [0.1, 0.15) is 0 Å². The lowest BCUT2D eigenvalue weighted by Crippen LogP contribution is -2.44. The molecule has 2 N–H and O–H groups in total. The first kappa shape index (κ1) is 13.0. The van der Waals surface area contributed by atoms with Crippen molar-refractivity contribution in [1.82, 2.24) is 5.32 Å². The molecule has 0 radical (unpaired) electrons. The highest BCUT2D eigenvalue weighted by Gasteiger charge is 2.41. The van der Waals surface area contributed by atoms with E-state index in [-0.39, 0.29) is 34.6 Å². The van der Waals surface area contributed by atoms with E-state index in [4.69, 9.17) is 9.84 Å². The molecule has 2 unspecified atom stereocenters. The van der Waals surface area contributed by atoms with Gasteiger partial charge in [-0.15, -0.1) is 0 Å². The number of aliphatic hydroxyl groups excluding tert-OH is 1. The lowest BCUT2D eigenvalue weighted by Gasteiger charge is -2.23. The second kappa shape index (κ2) is 5.03. The summed E-state index contributed by atoms with van der Waals surface area (Å²) in [6.07, 6.45) is 1.90. The van der Waals surface area contributed by atoms with Crippen LogP contribution >= 0.6 is 22.6 Å². The molecule has 17 heavy (non-hydrogen) atoms. The molecule has 0 aromatic heterocycles. The Labute approximate surface area is 113 Å². The van der Waals surface area contributed by atoms with E-state index in [9.17, 15) is 9.59 Å². The van der Waals surface area contributed by atoms with Gasteiger partial charge in [0, 0.05) is 9.50 Å². The van der Waals surface area contributed by atoms with E-state index in [0.717, 1.165) is 0 Å². The van der Waals surface area contributed by atoms with E-state index in [2.05, 4.69) is 27.9 Å². The van der Waals surface area contributed by atoms with Crippen molar-refractivity contribution in [3.63, 3.8) is 0 Å². The molecular weight excluding hydrogens is 337 g/mol. The van der Waals surface area contributed by atoms with Crippen LogP contribution in [-0.4, -0.2) is 39.7 Å². The number of alkyl halides is 1. The molecule has 0 aliphatic carbocycles. The average molecular weight is 351 g/mol. The molecule has 6 heteroatoms. The maximum absolute atomic E-state index is 11.7. The zero-order chi connectivity index (χ0) is 12.6. The van der Waals surface area contributed by atoms with E-state index in [1.807, 2.05) is 0 Å². The van der Waals surface area contributed by atoms with Crippen molar-refractivity contribution < 1.29 is 19.4 Å². The minimum atomic E-state index is -0.429. The van der Waals surface area contributed by atoms with Crippen LogP contribution in [0.25, 0.3) is 0 Å². The van der Waals surface area contributed by atoms with E-state index in [1.54, 1.807) is 13.0 Å². The van der Waals surface area contributed by atoms with Gasteiger partial charge in [0.25, 0.3) is 5.91 Å². The molecule has 2 heterocycles. The van der Waals surface area contributed by atoms with Crippen LogP contribution in [0, 0.1) is 5.92 Å². The molecule has 2 rings (SSSR count). The molecule has 1 saturated heterocycles. The highest BCUT2D eigenvalue weighted by atomic mass is 127. The molecule has 0 bridgehead atoms. The molecule has 1 fully saturated rings. The van der Waals surface area contributed by atoms with Gasteiger partial charge in [0.05, 0.1) is 24.7 Å². The molecule has 2 amide bonds. The van der Waals surface area contributed by atoms with Crippen LogP contribution in [-0.2, 0) is 14.3 Å². The molecule has 2 aliphatic rings. The molecule has 0 spiro atoms. The first-order chi connectivity index (χ1) is 8.02. The number of hydrogen-bond acceptors (Lipinski definition) is 4. The van der Waals surface area contributed by atoms with Gasteiger partial charge in [-0.25, -0.2) is 0 Å². The first-order valence-electron chi connectivity index (χ1n) is 5.47. The van der Waals surface area contributed by atoms with E-state index >= 15 is 0 Å². The third-order valence-electron chi connectivity index (χ3n) is 3.12. The summed E-state index contributed by atoms with van der Waals surface area (Å²) in [6, 6.07) is 0. The smallest absolute Gasteiger partial charge is 0.253 e. The van der Waals surface area contributed by atoms with Crippen molar-refractivity contribution in [3.8, 4) is 0 Å². The maximum Gasteiger partial charge on any atom is 0.253 e. The predicted octanol–water partition coefficient (Wildman–Crippen LogP) is 0.159. The molecule has 0 aromatic carbocycles. The standard InChI is InChI=1S/C11H14INO4/c1-5-2-6(11(16)13-10(5)15)8-3-7(12)9(4-14)17-8/h2,6-9,14H,3-4H2,1H3,(H,13,15,16)/t6?,7?,8-,9-/m1/s1. The van der Waals surface area contributed by atoms with E-state index < -0.39 is 5.92 Å². The Bertz CT molecular complexity index is 382. The second-order valence-corrected chi connectivity index (χ2v) is 5.94. The topological polar surface area (TPSA) is 75.6 Å². The SMILES string of the molecule is CC1=CC([C@H]2CC(I)[C@@H](CO)O2)C(=O)NC1=O. The van der Waals surface area contributed by atoms with Crippen LogP contribution in [0.2, 0.25) is 0 Å². The summed E-state index contributed by atoms with van der Waals surface area (Å²) >= 11 is 2.22. The summed E-state index contributed by atoms with van der Waals surface area (Å²) < 4.78 is 5.84. The molecule has 0 saturated carbocycles. The lowest BCUT2D eigenvalue weighted by molar-refractivity contribution is -0.134. The Morgan fingerprint density at radius 3 is 2.88 bits per heavy atom. The van der Waals surface area contributed by atoms with Crippen molar-refractivity contribution in [3.05, 3.63) is 11.6 Å². The quantitative estimate of drug-likeness (QED) is 0.422. The maximum atomic E-state index is 11.7. The molecule has 0 aromatic rings. The Balaban J connectivity index is 2.13. The average Bonchev–Trinajstić information content (AvgIpc) is 2.65. The van der Waals surface area contributed by atoms with Gasteiger partial charge >= 0.3 is 0 Å². The largest absolute Gasteiger partial charge is 0.394 e. The highest BCUT2D eigenvalue weighted by molar-refractivity contribution is 14.1. The van der Waals surface area contributed by atoms with Crippen LogP contribution in [0.5, 0.6) is 0 Å². The monoisotopic (exact) mass is 351 g/mol. The minimum absolute atomic E-state index is 0.0416. The number of ether oxygens (including phenoxy) is 1. The van der Waals surface area contributed by atoms with Crippen molar-refractivity contribution >= 4 is 34.4 Å². The number of carbonyl (C=O) groups is 2. The Morgan fingerprint density at radius 1 is 1.59 bits per heavy atom. The first-order valence-corrected chi connectivity index (χ1v) is 6.71. The second-order valence-electron chi connectivity index (χ2n) is 4.34. The van der Waals surface area contributed by atoms with Crippen LogP contribution in [0.1, 0.15) is 13.3 Å². The molecule has 2 aliphatic heterocycles. The summed E-state index contributed by atoms with van der Waals surface area (Å²) in [5.74, 6) is -1.08. The van der Waals surface area contributed by atoms with Gasteiger partial charge in [0.2, 0.25) is 5.91 Å². The van der Waals surface area contributed by atoms with Gasteiger partial charge in [-0.1, -0.05) is 28.7 Å². The summed E-state index contributed by atoms with van der Waals surface area (Å²) in [4.78, 5) is 23.0. The summed E-state index contributed by atoms with van der Waals surface area (Å²) in [7, 11) is 0. The predicted molar refractivity (Wildman–Crippen MR) is 68.6 cm³/mol. The van der Waals surface area contributed by atoms with Crippen molar-refractivity contribution in [2.45, 2.75) is 29.5 Å². The Kier molecular flexibility index (Phi) is 3.84. The minimum Gasteiger partial charge on any atom is -0.394 e. The van der Waals surface area contributed by atoms with Crippen LogP contribution in [0.4, 0.5) is 0 Å². The van der Waals surface area contributed by atoms with Gasteiger partial charge in [-0.05, 0) is 13.3 Å². The molecule has 94 valence electrons. The number of aliphatic hydroxyl groups is 1. The summed E-state index contributed by atoms with van der Waals surface area (Å²) in [6.45, 7) is 1.63. The van der Waals surface area contributed by atoms with Crippen LogP contribution < -0.4 is 5.32 Å². The lowest BCUT2D eigenvalue weighted by atomic mass is 9.93. The molecular formula is C11H14INO4. The normalized spacial score (nSPS) is 37.9. The fourth-order valence-electron chi connectivity index (χ4n) is 2.12. The van der Waals surface area contributed by atoms with Crippen molar-refractivity contribution in [2.75, 3.05) is 6.61 Å². The van der Waals surface area contributed by atoms with Crippen molar-refractivity contribution in [1.29, 1.82) is 0 Å². The van der Waals surface area contributed by atoms with E-state index in [1.165, 1.54) is 0 Å². The number of carbonyl (C=O) groups excluding carboxylic acids is 2. The zero-order valence-electron chi connectivity index (χ0n) is 9.35. The number of rotatable bonds is 2. The highest BCUT2D eigenvalue weighted by Crippen LogP contribution is 2.32. The van der Waals surface area contributed by atoms with Gasteiger partial charge < -0.3 is 9.84 Å². The summed E-state index contributed by atoms with van der Waals surface area (Å²) in [5, 5.41) is 11.4. The van der Waals surface area contributed by atoms with E-state index in [0.29, 0.717) is 12.0 Å².